The molecule has 3 heterocycles. The highest BCUT2D eigenvalue weighted by molar-refractivity contribution is 5.59. The molecule has 0 amide bonds. The quantitative estimate of drug-likeness (QED) is 0.547. The van der Waals surface area contributed by atoms with E-state index in [1.54, 1.807) is 12.4 Å². The molecule has 0 aliphatic heterocycles. The molecule has 0 unspecified atom stereocenters. The number of hydrogen-bond acceptors (Lipinski definition) is 5. The standard InChI is InChI=1S/C22H16N4O/c1-16-12-13-23-21(14-16)26-20-9-5-8-18(25-20)19-15-24-22(27-19)11-10-17-6-3-2-4-7-17/h2-9,12-15H,1H3,(H,23,25,26). The molecule has 0 spiro atoms. The molecule has 1 aromatic carbocycles. The van der Waals surface area contributed by atoms with Crippen molar-refractivity contribution in [2.24, 2.45) is 0 Å². The van der Waals surface area contributed by atoms with Gasteiger partial charge in [-0.25, -0.2) is 15.0 Å². The Morgan fingerprint density at radius 1 is 0.889 bits per heavy atom. The largest absolute Gasteiger partial charge is 0.428 e. The van der Waals surface area contributed by atoms with Gasteiger partial charge in [-0.05, 0) is 54.8 Å². The molecule has 27 heavy (non-hydrogen) atoms. The van der Waals surface area contributed by atoms with Crippen LogP contribution in [0.1, 0.15) is 17.0 Å². The van der Waals surface area contributed by atoms with Crippen LogP contribution in [0.4, 0.5) is 11.6 Å². The first-order valence-electron chi connectivity index (χ1n) is 8.46. The van der Waals surface area contributed by atoms with E-state index in [4.69, 9.17) is 4.42 Å². The van der Waals surface area contributed by atoms with Gasteiger partial charge >= 0.3 is 0 Å². The predicted molar refractivity (Wildman–Crippen MR) is 104 cm³/mol. The summed E-state index contributed by atoms with van der Waals surface area (Å²) < 4.78 is 5.73. The third kappa shape index (κ3) is 4.20. The van der Waals surface area contributed by atoms with Crippen molar-refractivity contribution in [2.75, 3.05) is 5.32 Å². The summed E-state index contributed by atoms with van der Waals surface area (Å²) in [5, 5.41) is 3.20. The smallest absolute Gasteiger partial charge is 0.274 e. The van der Waals surface area contributed by atoms with E-state index in [9.17, 15) is 0 Å². The fraction of sp³-hybridized carbons (Fsp3) is 0.0455. The van der Waals surface area contributed by atoms with Crippen LogP contribution >= 0.6 is 0 Å². The van der Waals surface area contributed by atoms with Crippen molar-refractivity contribution in [3.05, 3.63) is 90.1 Å². The van der Waals surface area contributed by atoms with Crippen molar-refractivity contribution >= 4 is 11.6 Å². The number of pyridine rings is 2. The first kappa shape index (κ1) is 16.6. The number of hydrogen-bond donors (Lipinski definition) is 1. The molecule has 1 N–H and O–H groups in total. The number of aromatic nitrogens is 3. The van der Waals surface area contributed by atoms with E-state index in [1.165, 1.54) is 0 Å². The molecule has 4 rings (SSSR count). The van der Waals surface area contributed by atoms with Crippen LogP contribution in [0.2, 0.25) is 0 Å². The Balaban J connectivity index is 1.54. The number of aryl methyl sites for hydroxylation is 1. The van der Waals surface area contributed by atoms with Gasteiger partial charge in [-0.15, -0.1) is 0 Å². The van der Waals surface area contributed by atoms with E-state index in [-0.39, 0.29) is 0 Å². The first-order valence-corrected chi connectivity index (χ1v) is 8.46. The van der Waals surface area contributed by atoms with Crippen LogP contribution in [0, 0.1) is 18.8 Å². The molecule has 0 radical (unpaired) electrons. The molecule has 0 saturated carbocycles. The maximum absolute atomic E-state index is 5.73. The number of rotatable bonds is 3. The second-order valence-electron chi connectivity index (χ2n) is 5.90. The minimum atomic E-state index is 0.356. The van der Waals surface area contributed by atoms with E-state index in [2.05, 4.69) is 32.1 Å². The van der Waals surface area contributed by atoms with Crippen molar-refractivity contribution in [1.82, 2.24) is 15.0 Å². The van der Waals surface area contributed by atoms with E-state index < -0.39 is 0 Å². The summed E-state index contributed by atoms with van der Waals surface area (Å²) in [6.45, 7) is 2.02. The molecule has 130 valence electrons. The van der Waals surface area contributed by atoms with Gasteiger partial charge < -0.3 is 9.73 Å². The summed E-state index contributed by atoms with van der Waals surface area (Å²) in [5.74, 6) is 8.30. The van der Waals surface area contributed by atoms with Crippen molar-refractivity contribution < 1.29 is 4.42 Å². The molecule has 3 aromatic heterocycles. The predicted octanol–water partition coefficient (Wildman–Crippen LogP) is 4.58. The lowest BCUT2D eigenvalue weighted by atomic mass is 10.2. The zero-order chi connectivity index (χ0) is 18.5. The fourth-order valence-corrected chi connectivity index (χ4v) is 2.47. The van der Waals surface area contributed by atoms with Crippen LogP contribution < -0.4 is 5.32 Å². The molecule has 0 aliphatic rings. The molecule has 0 fully saturated rings. The molecule has 4 aromatic rings. The molecule has 0 bridgehead atoms. The van der Waals surface area contributed by atoms with Crippen molar-refractivity contribution in [1.29, 1.82) is 0 Å². The summed E-state index contributed by atoms with van der Waals surface area (Å²) in [5.41, 5.74) is 2.71. The van der Waals surface area contributed by atoms with Gasteiger partial charge in [0.2, 0.25) is 0 Å². The van der Waals surface area contributed by atoms with Gasteiger partial charge in [0.1, 0.15) is 17.3 Å². The highest BCUT2D eigenvalue weighted by atomic mass is 16.4. The van der Waals surface area contributed by atoms with E-state index >= 15 is 0 Å². The summed E-state index contributed by atoms with van der Waals surface area (Å²) in [6.07, 6.45) is 3.39. The molecule has 0 aliphatic carbocycles. The van der Waals surface area contributed by atoms with Crippen LogP contribution in [0.3, 0.4) is 0 Å². The molecular formula is C22H16N4O. The maximum atomic E-state index is 5.73. The highest BCUT2D eigenvalue weighted by Crippen LogP contribution is 2.21. The lowest BCUT2D eigenvalue weighted by Gasteiger charge is -2.06. The first-order chi connectivity index (χ1) is 13.3. The fourth-order valence-electron chi connectivity index (χ4n) is 2.47. The topological polar surface area (TPSA) is 63.8 Å². The van der Waals surface area contributed by atoms with Crippen LogP contribution in [0.5, 0.6) is 0 Å². The van der Waals surface area contributed by atoms with Gasteiger partial charge in [0.25, 0.3) is 5.89 Å². The van der Waals surface area contributed by atoms with E-state index in [1.807, 2.05) is 67.6 Å². The van der Waals surface area contributed by atoms with Crippen LogP contribution in [0.15, 0.2) is 77.5 Å². The average molecular weight is 352 g/mol. The Hall–Kier alpha value is -3.91. The highest BCUT2D eigenvalue weighted by Gasteiger charge is 2.07. The number of nitrogens with one attached hydrogen (secondary N) is 1. The lowest BCUT2D eigenvalue weighted by Crippen LogP contribution is -1.96. The van der Waals surface area contributed by atoms with Gasteiger partial charge in [0.05, 0.1) is 6.20 Å². The van der Waals surface area contributed by atoms with Crippen LogP contribution in [-0.2, 0) is 0 Å². The molecule has 5 nitrogen and oxygen atoms in total. The maximum Gasteiger partial charge on any atom is 0.274 e. The Bertz CT molecular complexity index is 1120. The van der Waals surface area contributed by atoms with E-state index in [0.29, 0.717) is 23.2 Å². The van der Waals surface area contributed by atoms with E-state index in [0.717, 1.165) is 16.9 Å². The van der Waals surface area contributed by atoms with Crippen LogP contribution in [-0.4, -0.2) is 15.0 Å². The van der Waals surface area contributed by atoms with Gasteiger partial charge in [0, 0.05) is 11.8 Å². The summed E-state index contributed by atoms with van der Waals surface area (Å²) in [7, 11) is 0. The third-order valence-corrected chi connectivity index (χ3v) is 3.77. The van der Waals surface area contributed by atoms with Gasteiger partial charge in [-0.1, -0.05) is 30.2 Å². The second kappa shape index (κ2) is 7.54. The second-order valence-corrected chi connectivity index (χ2v) is 5.90. The SMILES string of the molecule is Cc1ccnc(Nc2cccc(-c3cnc(C#Cc4ccccc4)o3)n2)c1. The Labute approximate surface area is 157 Å². The average Bonchev–Trinajstić information content (AvgIpc) is 3.17. The summed E-state index contributed by atoms with van der Waals surface area (Å²) in [6, 6.07) is 19.3. The molecular weight excluding hydrogens is 336 g/mol. The van der Waals surface area contributed by atoms with Gasteiger partial charge in [0.15, 0.2) is 5.76 Å². The molecule has 5 heteroatoms. The zero-order valence-corrected chi connectivity index (χ0v) is 14.7. The summed E-state index contributed by atoms with van der Waals surface area (Å²) in [4.78, 5) is 13.1. The molecule has 0 atom stereocenters. The van der Waals surface area contributed by atoms with Gasteiger partial charge in [-0.3, -0.25) is 0 Å². The Morgan fingerprint density at radius 3 is 2.63 bits per heavy atom. The Kier molecular flexibility index (Phi) is 4.62. The number of nitrogens with zero attached hydrogens (tertiary/aromatic N) is 3. The summed E-state index contributed by atoms with van der Waals surface area (Å²) >= 11 is 0. The van der Waals surface area contributed by atoms with Crippen LogP contribution in [0.25, 0.3) is 11.5 Å². The minimum Gasteiger partial charge on any atom is -0.428 e. The Morgan fingerprint density at radius 2 is 1.78 bits per heavy atom. The van der Waals surface area contributed by atoms with Gasteiger partial charge in [-0.2, -0.15) is 0 Å². The zero-order valence-electron chi connectivity index (χ0n) is 14.7. The minimum absolute atomic E-state index is 0.356. The van der Waals surface area contributed by atoms with Crippen molar-refractivity contribution in [3.63, 3.8) is 0 Å². The molecule has 0 saturated heterocycles. The number of oxazole rings is 1. The third-order valence-electron chi connectivity index (χ3n) is 3.77. The van der Waals surface area contributed by atoms with Crippen molar-refractivity contribution in [2.45, 2.75) is 6.92 Å². The lowest BCUT2D eigenvalue weighted by molar-refractivity contribution is 0.555. The monoisotopic (exact) mass is 352 g/mol. The van der Waals surface area contributed by atoms with Crippen molar-refractivity contribution in [3.8, 4) is 23.3 Å². The number of anilines is 2. The normalized spacial score (nSPS) is 10.1. The number of benzene rings is 1.